The van der Waals surface area contributed by atoms with Crippen molar-refractivity contribution in [3.05, 3.63) is 11.9 Å². The molecule has 1 rings (SSSR count). The SMILES string of the molecule is CCCNC(CSCCC)c1cnnn1CCC. The maximum atomic E-state index is 4.18. The fraction of sp³-hybridized carbons (Fsp3) is 0.846. The monoisotopic (exact) mass is 270 g/mol. The molecule has 0 saturated heterocycles. The van der Waals surface area contributed by atoms with Gasteiger partial charge in [-0.3, -0.25) is 0 Å². The number of rotatable bonds is 10. The Morgan fingerprint density at radius 3 is 2.78 bits per heavy atom. The van der Waals surface area contributed by atoms with Gasteiger partial charge in [0.05, 0.1) is 17.9 Å². The van der Waals surface area contributed by atoms with Gasteiger partial charge in [0.1, 0.15) is 0 Å². The summed E-state index contributed by atoms with van der Waals surface area (Å²) in [5.74, 6) is 2.32. The van der Waals surface area contributed by atoms with Crippen LogP contribution in [-0.4, -0.2) is 33.0 Å². The molecule has 0 fully saturated rings. The van der Waals surface area contributed by atoms with Gasteiger partial charge in [-0.25, -0.2) is 4.68 Å². The second-order valence-corrected chi connectivity index (χ2v) is 5.61. The van der Waals surface area contributed by atoms with Gasteiger partial charge in [-0.05, 0) is 31.6 Å². The molecule has 0 aliphatic heterocycles. The van der Waals surface area contributed by atoms with Crippen LogP contribution in [-0.2, 0) is 6.54 Å². The lowest BCUT2D eigenvalue weighted by atomic mass is 10.2. The van der Waals surface area contributed by atoms with E-state index in [0.29, 0.717) is 6.04 Å². The maximum absolute atomic E-state index is 4.18. The molecule has 18 heavy (non-hydrogen) atoms. The van der Waals surface area contributed by atoms with Crippen LogP contribution in [0.15, 0.2) is 6.20 Å². The summed E-state index contributed by atoms with van der Waals surface area (Å²) >= 11 is 2.01. The summed E-state index contributed by atoms with van der Waals surface area (Å²) in [6, 6.07) is 0.378. The summed E-state index contributed by atoms with van der Waals surface area (Å²) in [6.45, 7) is 8.60. The minimum atomic E-state index is 0.378. The van der Waals surface area contributed by atoms with Crippen molar-refractivity contribution >= 4 is 11.8 Å². The Bertz CT molecular complexity index is 314. The van der Waals surface area contributed by atoms with E-state index in [0.717, 1.165) is 31.7 Å². The Kier molecular flexibility index (Phi) is 8.09. The summed E-state index contributed by atoms with van der Waals surface area (Å²) < 4.78 is 2.04. The lowest BCUT2D eigenvalue weighted by molar-refractivity contribution is 0.493. The average molecular weight is 270 g/mol. The average Bonchev–Trinajstić information content (AvgIpc) is 2.82. The summed E-state index contributed by atoms with van der Waals surface area (Å²) in [4.78, 5) is 0. The van der Waals surface area contributed by atoms with Crippen molar-refractivity contribution < 1.29 is 0 Å². The highest BCUT2D eigenvalue weighted by molar-refractivity contribution is 7.99. The minimum Gasteiger partial charge on any atom is -0.308 e. The zero-order valence-corrected chi connectivity index (χ0v) is 12.7. The van der Waals surface area contributed by atoms with Crippen LogP contribution in [0.25, 0.3) is 0 Å². The molecule has 0 aliphatic rings. The topological polar surface area (TPSA) is 42.7 Å². The summed E-state index contributed by atoms with van der Waals surface area (Å²) in [6.07, 6.45) is 5.40. The van der Waals surface area contributed by atoms with Crippen LogP contribution in [0.5, 0.6) is 0 Å². The number of hydrogen-bond acceptors (Lipinski definition) is 4. The Hall–Kier alpha value is -0.550. The smallest absolute Gasteiger partial charge is 0.0764 e. The first kappa shape index (κ1) is 15.5. The molecular weight excluding hydrogens is 244 g/mol. The van der Waals surface area contributed by atoms with Gasteiger partial charge in [-0.1, -0.05) is 26.0 Å². The van der Waals surface area contributed by atoms with Gasteiger partial charge in [0.2, 0.25) is 0 Å². The number of hydrogen-bond donors (Lipinski definition) is 1. The van der Waals surface area contributed by atoms with Crippen LogP contribution >= 0.6 is 11.8 Å². The van der Waals surface area contributed by atoms with Crippen molar-refractivity contribution in [1.82, 2.24) is 20.3 Å². The van der Waals surface area contributed by atoms with Crippen LogP contribution in [0.1, 0.15) is 51.8 Å². The van der Waals surface area contributed by atoms with Gasteiger partial charge >= 0.3 is 0 Å². The van der Waals surface area contributed by atoms with Crippen LogP contribution in [0.4, 0.5) is 0 Å². The summed E-state index contributed by atoms with van der Waals surface area (Å²) in [5.41, 5.74) is 1.23. The third-order valence-electron chi connectivity index (χ3n) is 2.71. The van der Waals surface area contributed by atoms with Gasteiger partial charge in [0.25, 0.3) is 0 Å². The van der Waals surface area contributed by atoms with Crippen molar-refractivity contribution in [2.75, 3.05) is 18.1 Å². The molecule has 5 heteroatoms. The lowest BCUT2D eigenvalue weighted by Crippen LogP contribution is -2.27. The maximum Gasteiger partial charge on any atom is 0.0764 e. The summed E-state index contributed by atoms with van der Waals surface area (Å²) in [5, 5.41) is 11.9. The molecule has 0 saturated carbocycles. The van der Waals surface area contributed by atoms with Crippen LogP contribution in [0, 0.1) is 0 Å². The van der Waals surface area contributed by atoms with Crippen LogP contribution < -0.4 is 5.32 Å². The van der Waals surface area contributed by atoms with Crippen LogP contribution in [0.2, 0.25) is 0 Å². The Balaban J connectivity index is 2.63. The third kappa shape index (κ3) is 4.98. The molecule has 1 aromatic rings. The lowest BCUT2D eigenvalue weighted by Gasteiger charge is -2.18. The van der Waals surface area contributed by atoms with E-state index in [2.05, 4.69) is 36.4 Å². The second-order valence-electron chi connectivity index (χ2n) is 4.46. The largest absolute Gasteiger partial charge is 0.308 e. The first-order chi connectivity index (χ1) is 8.83. The van der Waals surface area contributed by atoms with Gasteiger partial charge in [0, 0.05) is 12.3 Å². The Morgan fingerprint density at radius 1 is 1.28 bits per heavy atom. The van der Waals surface area contributed by atoms with E-state index in [1.165, 1.54) is 17.9 Å². The first-order valence-corrected chi connectivity index (χ1v) is 8.18. The zero-order chi connectivity index (χ0) is 13.2. The van der Waals surface area contributed by atoms with Crippen molar-refractivity contribution in [3.63, 3.8) is 0 Å². The molecule has 0 bridgehead atoms. The van der Waals surface area contributed by atoms with Crippen LogP contribution in [0.3, 0.4) is 0 Å². The molecule has 0 aromatic carbocycles. The van der Waals surface area contributed by atoms with Crippen molar-refractivity contribution in [2.24, 2.45) is 0 Å². The van der Waals surface area contributed by atoms with E-state index in [1.54, 1.807) is 0 Å². The molecule has 0 aliphatic carbocycles. The normalized spacial score (nSPS) is 12.8. The third-order valence-corrected chi connectivity index (χ3v) is 3.98. The zero-order valence-electron chi connectivity index (χ0n) is 11.9. The molecule has 1 heterocycles. The standard InChI is InChI=1S/C13H26N4S/c1-4-7-14-12(11-18-9-6-3)13-10-15-16-17(13)8-5-2/h10,12,14H,4-9,11H2,1-3H3. The molecule has 0 spiro atoms. The molecule has 1 unspecified atom stereocenters. The molecule has 1 aromatic heterocycles. The predicted molar refractivity (Wildman–Crippen MR) is 79.0 cm³/mol. The number of nitrogens with one attached hydrogen (secondary N) is 1. The second kappa shape index (κ2) is 9.39. The van der Waals surface area contributed by atoms with E-state index < -0.39 is 0 Å². The number of aromatic nitrogens is 3. The Labute approximate surface area is 115 Å². The van der Waals surface area contributed by atoms with Crippen molar-refractivity contribution in [3.8, 4) is 0 Å². The summed E-state index contributed by atoms with van der Waals surface area (Å²) in [7, 11) is 0. The van der Waals surface area contributed by atoms with Gasteiger partial charge in [0.15, 0.2) is 0 Å². The van der Waals surface area contributed by atoms with Crippen molar-refractivity contribution in [1.29, 1.82) is 0 Å². The van der Waals surface area contributed by atoms with Gasteiger partial charge < -0.3 is 5.32 Å². The molecular formula is C13H26N4S. The van der Waals surface area contributed by atoms with Crippen molar-refractivity contribution in [2.45, 2.75) is 52.6 Å². The highest BCUT2D eigenvalue weighted by atomic mass is 32.2. The fourth-order valence-corrected chi connectivity index (χ4v) is 2.81. The van der Waals surface area contributed by atoms with E-state index in [4.69, 9.17) is 0 Å². The molecule has 0 radical (unpaired) electrons. The van der Waals surface area contributed by atoms with E-state index in [9.17, 15) is 0 Å². The molecule has 1 N–H and O–H groups in total. The van der Waals surface area contributed by atoms with E-state index in [1.807, 2.05) is 22.6 Å². The molecule has 104 valence electrons. The quantitative estimate of drug-likeness (QED) is 0.664. The fourth-order valence-electron chi connectivity index (χ4n) is 1.83. The van der Waals surface area contributed by atoms with E-state index >= 15 is 0 Å². The Morgan fingerprint density at radius 2 is 2.11 bits per heavy atom. The first-order valence-electron chi connectivity index (χ1n) is 7.02. The predicted octanol–water partition coefficient (Wildman–Crippen LogP) is 2.87. The highest BCUT2D eigenvalue weighted by Gasteiger charge is 2.15. The van der Waals surface area contributed by atoms with Gasteiger partial charge in [-0.15, -0.1) is 5.10 Å². The molecule has 1 atom stereocenters. The molecule has 4 nitrogen and oxygen atoms in total. The highest BCUT2D eigenvalue weighted by Crippen LogP contribution is 2.18. The van der Waals surface area contributed by atoms with Gasteiger partial charge in [-0.2, -0.15) is 11.8 Å². The minimum absolute atomic E-state index is 0.378. The number of nitrogens with zero attached hydrogens (tertiary/aromatic N) is 3. The number of aryl methyl sites for hydroxylation is 1. The number of thioether (sulfide) groups is 1. The van der Waals surface area contributed by atoms with E-state index in [-0.39, 0.29) is 0 Å². The molecule has 0 amide bonds.